The van der Waals surface area contributed by atoms with Gasteiger partial charge in [0.25, 0.3) is 5.91 Å². The lowest BCUT2D eigenvalue weighted by molar-refractivity contribution is -0.402. The van der Waals surface area contributed by atoms with E-state index in [-0.39, 0.29) is 23.0 Å². The molecule has 0 aliphatic carbocycles. The summed E-state index contributed by atoms with van der Waals surface area (Å²) in [4.78, 5) is 21.4. The number of aromatic hydroxyl groups is 1. The van der Waals surface area contributed by atoms with E-state index in [1.54, 1.807) is 0 Å². The van der Waals surface area contributed by atoms with Crippen molar-refractivity contribution < 1.29 is 19.2 Å². The molecular weight excluding hydrogens is 290 g/mol. The average Bonchev–Trinajstić information content (AvgIpc) is 2.96. The average molecular weight is 301 g/mol. The number of carbonyl (C=O) groups is 1. The molecule has 0 bridgehead atoms. The van der Waals surface area contributed by atoms with Crippen molar-refractivity contribution in [3.63, 3.8) is 0 Å². The summed E-state index contributed by atoms with van der Waals surface area (Å²) in [6.07, 6.45) is 4.19. The first-order valence-electron chi connectivity index (χ1n) is 6.09. The highest BCUT2D eigenvalue weighted by Crippen LogP contribution is 2.16. The summed E-state index contributed by atoms with van der Waals surface area (Å²) in [5.74, 6) is -0.559. The second-order valence-corrected chi connectivity index (χ2v) is 4.06. The van der Waals surface area contributed by atoms with Crippen molar-refractivity contribution in [2.24, 2.45) is 5.10 Å². The molecule has 2 N–H and O–H groups in total. The molecule has 0 saturated carbocycles. The Kier molecular flexibility index (Phi) is 4.66. The number of phenolic OH excluding ortho intramolecular Hbond substituents is 1. The Bertz CT molecular complexity index is 748. The predicted molar refractivity (Wildman–Crippen MR) is 78.5 cm³/mol. The predicted octanol–water partition coefficient (Wildman–Crippen LogP) is 2.32. The number of nitro groups is 1. The zero-order valence-electron chi connectivity index (χ0n) is 11.2. The summed E-state index contributed by atoms with van der Waals surface area (Å²) < 4.78 is 4.89. The smallest absolute Gasteiger partial charge is 0.433 e. The maximum absolute atomic E-state index is 11.7. The minimum atomic E-state index is -0.638. The fraction of sp³-hybridized carbons (Fsp3) is 0. The van der Waals surface area contributed by atoms with E-state index < -0.39 is 10.8 Å². The summed E-state index contributed by atoms with van der Waals surface area (Å²) >= 11 is 0. The molecule has 2 aromatic rings. The van der Waals surface area contributed by atoms with Gasteiger partial charge in [0.15, 0.2) is 0 Å². The van der Waals surface area contributed by atoms with Crippen molar-refractivity contribution in [2.75, 3.05) is 0 Å². The van der Waals surface area contributed by atoms with Crippen LogP contribution in [0.3, 0.4) is 0 Å². The third-order valence-corrected chi connectivity index (χ3v) is 2.49. The Morgan fingerprint density at radius 1 is 1.36 bits per heavy atom. The number of phenols is 1. The Morgan fingerprint density at radius 3 is 2.86 bits per heavy atom. The van der Waals surface area contributed by atoms with Gasteiger partial charge in [0.2, 0.25) is 0 Å². The van der Waals surface area contributed by atoms with Gasteiger partial charge in [-0.1, -0.05) is 6.07 Å². The number of furan rings is 1. The van der Waals surface area contributed by atoms with Crippen LogP contribution in [-0.4, -0.2) is 22.2 Å². The van der Waals surface area contributed by atoms with Gasteiger partial charge >= 0.3 is 5.88 Å². The molecule has 0 spiro atoms. The Hall–Kier alpha value is -3.42. The molecule has 0 atom stereocenters. The quantitative estimate of drug-likeness (QED) is 0.499. The molecule has 0 unspecified atom stereocenters. The molecule has 8 heteroatoms. The van der Waals surface area contributed by atoms with E-state index in [1.165, 1.54) is 54.8 Å². The number of nitrogens with one attached hydrogen (secondary N) is 1. The highest BCUT2D eigenvalue weighted by molar-refractivity contribution is 5.95. The number of amides is 1. The van der Waals surface area contributed by atoms with Crippen LogP contribution in [0.2, 0.25) is 0 Å². The van der Waals surface area contributed by atoms with E-state index in [2.05, 4.69) is 10.5 Å². The topological polar surface area (TPSA) is 118 Å². The van der Waals surface area contributed by atoms with Crippen LogP contribution in [0.5, 0.6) is 5.75 Å². The van der Waals surface area contributed by atoms with Gasteiger partial charge < -0.3 is 9.52 Å². The van der Waals surface area contributed by atoms with Crippen molar-refractivity contribution in [1.29, 1.82) is 0 Å². The van der Waals surface area contributed by atoms with Gasteiger partial charge in [-0.05, 0) is 36.4 Å². The Balaban J connectivity index is 1.88. The van der Waals surface area contributed by atoms with Crippen LogP contribution in [0.4, 0.5) is 5.88 Å². The molecule has 8 nitrogen and oxygen atoms in total. The van der Waals surface area contributed by atoms with Crippen molar-refractivity contribution in [1.82, 2.24) is 5.43 Å². The minimum absolute atomic E-state index is 0.0176. The lowest BCUT2D eigenvalue weighted by atomic mass is 10.2. The SMILES string of the molecule is O=C(N/N=C/C=C/c1ccc([N+](=O)[O-])o1)c1cccc(O)c1. The number of carbonyl (C=O) groups excluding carboxylic acids is 1. The van der Waals surface area contributed by atoms with Crippen LogP contribution < -0.4 is 5.43 Å². The van der Waals surface area contributed by atoms with E-state index in [1.807, 2.05) is 0 Å². The fourth-order valence-corrected chi connectivity index (χ4v) is 1.52. The molecule has 0 fully saturated rings. The normalized spacial score (nSPS) is 11.1. The Morgan fingerprint density at radius 2 is 2.18 bits per heavy atom. The fourth-order valence-electron chi connectivity index (χ4n) is 1.52. The van der Waals surface area contributed by atoms with Crippen LogP contribution in [-0.2, 0) is 0 Å². The van der Waals surface area contributed by atoms with Gasteiger partial charge in [0.05, 0.1) is 6.07 Å². The molecule has 2 rings (SSSR count). The number of nitrogens with zero attached hydrogens (tertiary/aromatic N) is 2. The second kappa shape index (κ2) is 6.84. The number of hydrogen-bond acceptors (Lipinski definition) is 6. The lowest BCUT2D eigenvalue weighted by Gasteiger charge is -1.99. The number of hydrogen-bond donors (Lipinski definition) is 2. The van der Waals surface area contributed by atoms with E-state index >= 15 is 0 Å². The first-order valence-corrected chi connectivity index (χ1v) is 6.09. The van der Waals surface area contributed by atoms with Gasteiger partial charge in [-0.15, -0.1) is 0 Å². The van der Waals surface area contributed by atoms with Gasteiger partial charge in [-0.2, -0.15) is 5.10 Å². The largest absolute Gasteiger partial charge is 0.508 e. The van der Waals surface area contributed by atoms with Crippen molar-refractivity contribution >= 4 is 24.1 Å². The first-order chi connectivity index (χ1) is 10.6. The lowest BCUT2D eigenvalue weighted by Crippen LogP contribution is -2.17. The van der Waals surface area contributed by atoms with Crippen LogP contribution >= 0.6 is 0 Å². The summed E-state index contributed by atoms with van der Waals surface area (Å²) in [5, 5.41) is 23.3. The molecule has 0 radical (unpaired) electrons. The monoisotopic (exact) mass is 301 g/mol. The summed E-state index contributed by atoms with van der Waals surface area (Å²) in [6.45, 7) is 0. The third kappa shape index (κ3) is 4.04. The third-order valence-electron chi connectivity index (χ3n) is 2.49. The van der Waals surface area contributed by atoms with Crippen LogP contribution in [0.1, 0.15) is 16.1 Å². The minimum Gasteiger partial charge on any atom is -0.508 e. The van der Waals surface area contributed by atoms with E-state index in [0.29, 0.717) is 0 Å². The van der Waals surface area contributed by atoms with E-state index in [4.69, 9.17) is 4.42 Å². The number of benzene rings is 1. The second-order valence-electron chi connectivity index (χ2n) is 4.06. The molecule has 22 heavy (non-hydrogen) atoms. The van der Waals surface area contributed by atoms with Crippen LogP contribution in [0.15, 0.2) is 52.0 Å². The first kappa shape index (κ1) is 15.0. The Labute approximate surface area is 124 Å². The standard InChI is InChI=1S/C14H11N3O5/c18-11-4-1-3-10(9-11)14(19)16-15-8-2-5-12-6-7-13(22-12)17(20)21/h1-9,18H,(H,16,19)/b5-2+,15-8+. The maximum Gasteiger partial charge on any atom is 0.433 e. The van der Waals surface area contributed by atoms with Gasteiger partial charge in [-0.3, -0.25) is 14.9 Å². The highest BCUT2D eigenvalue weighted by Gasteiger charge is 2.09. The zero-order chi connectivity index (χ0) is 15.9. The van der Waals surface area contributed by atoms with Crippen molar-refractivity contribution in [2.45, 2.75) is 0 Å². The van der Waals surface area contributed by atoms with Gasteiger partial charge in [-0.25, -0.2) is 5.43 Å². The molecule has 0 saturated heterocycles. The van der Waals surface area contributed by atoms with Crippen LogP contribution in [0, 0.1) is 10.1 Å². The van der Waals surface area contributed by atoms with Crippen LogP contribution in [0.25, 0.3) is 6.08 Å². The molecule has 1 heterocycles. The van der Waals surface area contributed by atoms with Crippen molar-refractivity contribution in [3.05, 3.63) is 63.9 Å². The molecular formula is C14H11N3O5. The van der Waals surface area contributed by atoms with Gasteiger partial charge in [0, 0.05) is 11.8 Å². The van der Waals surface area contributed by atoms with E-state index in [9.17, 15) is 20.0 Å². The molecule has 1 aromatic carbocycles. The highest BCUT2D eigenvalue weighted by atomic mass is 16.6. The maximum atomic E-state index is 11.7. The molecule has 1 amide bonds. The molecule has 0 aliphatic heterocycles. The zero-order valence-corrected chi connectivity index (χ0v) is 11.2. The molecule has 0 aliphatic rings. The van der Waals surface area contributed by atoms with E-state index in [0.717, 1.165) is 0 Å². The molecule has 1 aromatic heterocycles. The summed E-state index contributed by atoms with van der Waals surface area (Å²) in [7, 11) is 0. The number of rotatable bonds is 5. The summed E-state index contributed by atoms with van der Waals surface area (Å²) in [6, 6.07) is 8.50. The number of hydrazone groups is 1. The summed E-state index contributed by atoms with van der Waals surface area (Å²) in [5.41, 5.74) is 2.53. The molecule has 112 valence electrons. The number of allylic oxidation sites excluding steroid dienone is 1. The van der Waals surface area contributed by atoms with Crippen molar-refractivity contribution in [3.8, 4) is 5.75 Å². The van der Waals surface area contributed by atoms with Gasteiger partial charge in [0.1, 0.15) is 16.4 Å².